The van der Waals surface area contributed by atoms with Crippen LogP contribution in [0.25, 0.3) is 0 Å². The van der Waals surface area contributed by atoms with E-state index in [2.05, 4.69) is 33.2 Å². The van der Waals surface area contributed by atoms with Gasteiger partial charge >= 0.3 is 0 Å². The van der Waals surface area contributed by atoms with Gasteiger partial charge in [-0.05, 0) is 65.5 Å². The Morgan fingerprint density at radius 2 is 1.86 bits per heavy atom. The minimum absolute atomic E-state index is 0.0370. The minimum Gasteiger partial charge on any atom is -0.356 e. The maximum Gasteiger partial charge on any atom is 0.257 e. The van der Waals surface area contributed by atoms with Crippen molar-refractivity contribution in [2.75, 3.05) is 0 Å². The molecule has 2 aromatic carbocycles. The molecule has 3 nitrogen and oxygen atoms in total. The summed E-state index contributed by atoms with van der Waals surface area (Å²) in [6.07, 6.45) is 0. The van der Waals surface area contributed by atoms with Crippen molar-refractivity contribution in [3.63, 3.8) is 0 Å². The normalized spacial score (nSPS) is 11.5. The third-order valence-electron chi connectivity index (χ3n) is 2.96. The number of nitrogens with one attached hydrogen (secondary N) is 2. The lowest BCUT2D eigenvalue weighted by Gasteiger charge is -2.16. The number of hydrogen-bond acceptors (Lipinski definition) is 2. The topological polar surface area (TPSA) is 41.1 Å². The Hall–Kier alpha value is -1.47. The molecule has 2 N–H and O–H groups in total. The highest BCUT2D eigenvalue weighted by molar-refractivity contribution is 14.1. The van der Waals surface area contributed by atoms with Gasteiger partial charge in [0.25, 0.3) is 5.91 Å². The Bertz CT molecular complexity index is 646. The standard InChI is InChI=1S/C16H15IN2OS/c1-11(12-6-3-2-4-7-12)18-16(21)19-15(20)13-8-5-9-14(17)10-13/h2-11H,1H3,(H2,18,19,20,21). The molecule has 0 aromatic heterocycles. The smallest absolute Gasteiger partial charge is 0.257 e. The Kier molecular flexibility index (Phi) is 5.69. The van der Waals surface area contributed by atoms with E-state index < -0.39 is 0 Å². The van der Waals surface area contributed by atoms with E-state index in [1.54, 1.807) is 6.07 Å². The number of halogens is 1. The van der Waals surface area contributed by atoms with Crippen molar-refractivity contribution < 1.29 is 4.79 Å². The lowest BCUT2D eigenvalue weighted by Crippen LogP contribution is -2.40. The lowest BCUT2D eigenvalue weighted by molar-refractivity contribution is 0.0976. The molecular weight excluding hydrogens is 395 g/mol. The van der Waals surface area contributed by atoms with E-state index in [0.29, 0.717) is 10.7 Å². The molecule has 0 bridgehead atoms. The summed E-state index contributed by atoms with van der Waals surface area (Å²) in [5.74, 6) is -0.203. The first-order valence-corrected chi connectivity index (χ1v) is 7.97. The highest BCUT2D eigenvalue weighted by Gasteiger charge is 2.10. The van der Waals surface area contributed by atoms with Crippen LogP contribution < -0.4 is 10.6 Å². The van der Waals surface area contributed by atoms with Crippen LogP contribution in [0.3, 0.4) is 0 Å². The first-order chi connectivity index (χ1) is 10.1. The highest BCUT2D eigenvalue weighted by Crippen LogP contribution is 2.11. The fourth-order valence-electron chi connectivity index (χ4n) is 1.86. The van der Waals surface area contributed by atoms with Gasteiger partial charge in [0.1, 0.15) is 0 Å². The molecule has 0 aliphatic carbocycles. The van der Waals surface area contributed by atoms with Gasteiger partial charge in [-0.25, -0.2) is 0 Å². The van der Waals surface area contributed by atoms with Gasteiger partial charge in [0.15, 0.2) is 5.11 Å². The lowest BCUT2D eigenvalue weighted by atomic mass is 10.1. The summed E-state index contributed by atoms with van der Waals surface area (Å²) < 4.78 is 1.01. The molecule has 108 valence electrons. The summed E-state index contributed by atoms with van der Waals surface area (Å²) >= 11 is 7.37. The number of carbonyl (C=O) groups is 1. The van der Waals surface area contributed by atoms with Crippen LogP contribution in [0, 0.1) is 3.57 Å². The molecule has 0 saturated heterocycles. The molecule has 0 radical (unpaired) electrons. The number of rotatable bonds is 3. The van der Waals surface area contributed by atoms with E-state index in [9.17, 15) is 4.79 Å². The molecule has 0 saturated carbocycles. The van der Waals surface area contributed by atoms with Crippen molar-refractivity contribution >= 4 is 45.8 Å². The number of hydrogen-bond donors (Lipinski definition) is 2. The zero-order chi connectivity index (χ0) is 15.2. The third kappa shape index (κ3) is 4.78. The maximum absolute atomic E-state index is 12.1. The SMILES string of the molecule is CC(NC(=S)NC(=O)c1cccc(I)c1)c1ccccc1. The molecule has 1 atom stereocenters. The van der Waals surface area contributed by atoms with Crippen LogP contribution in [0.4, 0.5) is 0 Å². The van der Waals surface area contributed by atoms with E-state index in [-0.39, 0.29) is 11.9 Å². The first-order valence-electron chi connectivity index (χ1n) is 6.48. The van der Waals surface area contributed by atoms with Crippen molar-refractivity contribution in [3.05, 3.63) is 69.3 Å². The Morgan fingerprint density at radius 1 is 1.14 bits per heavy atom. The average Bonchev–Trinajstić information content (AvgIpc) is 2.48. The number of amides is 1. The van der Waals surface area contributed by atoms with Gasteiger partial charge in [-0.2, -0.15) is 0 Å². The molecule has 1 amide bonds. The zero-order valence-corrected chi connectivity index (χ0v) is 14.4. The molecule has 5 heteroatoms. The largest absolute Gasteiger partial charge is 0.356 e. The van der Waals surface area contributed by atoms with Crippen LogP contribution in [-0.2, 0) is 0 Å². The summed E-state index contributed by atoms with van der Waals surface area (Å²) in [5.41, 5.74) is 1.71. The van der Waals surface area contributed by atoms with E-state index in [0.717, 1.165) is 9.13 Å². The van der Waals surface area contributed by atoms with Crippen molar-refractivity contribution in [2.24, 2.45) is 0 Å². The van der Waals surface area contributed by atoms with Crippen molar-refractivity contribution in [1.29, 1.82) is 0 Å². The van der Waals surface area contributed by atoms with Crippen LogP contribution in [0.5, 0.6) is 0 Å². The molecule has 0 spiro atoms. The number of carbonyl (C=O) groups excluding carboxylic acids is 1. The fraction of sp³-hybridized carbons (Fsp3) is 0.125. The van der Waals surface area contributed by atoms with E-state index in [1.165, 1.54) is 0 Å². The summed E-state index contributed by atoms with van der Waals surface area (Å²) in [6, 6.07) is 17.3. The Morgan fingerprint density at radius 3 is 2.52 bits per heavy atom. The van der Waals surface area contributed by atoms with E-state index in [1.807, 2.05) is 55.5 Å². The summed E-state index contributed by atoms with van der Waals surface area (Å²) in [7, 11) is 0. The van der Waals surface area contributed by atoms with Crippen molar-refractivity contribution in [1.82, 2.24) is 10.6 Å². The Balaban J connectivity index is 1.94. The van der Waals surface area contributed by atoms with Gasteiger partial charge in [-0.3, -0.25) is 10.1 Å². The quantitative estimate of drug-likeness (QED) is 0.600. The average molecular weight is 410 g/mol. The maximum atomic E-state index is 12.1. The minimum atomic E-state index is -0.203. The summed E-state index contributed by atoms with van der Waals surface area (Å²) in [5, 5.41) is 6.14. The fourth-order valence-corrected chi connectivity index (χ4v) is 2.68. The molecular formula is C16H15IN2OS. The van der Waals surface area contributed by atoms with Gasteiger partial charge in [-0.15, -0.1) is 0 Å². The van der Waals surface area contributed by atoms with Crippen molar-refractivity contribution in [2.45, 2.75) is 13.0 Å². The van der Waals surface area contributed by atoms with Crippen molar-refractivity contribution in [3.8, 4) is 0 Å². The van der Waals surface area contributed by atoms with Crippen LogP contribution in [0.2, 0.25) is 0 Å². The van der Waals surface area contributed by atoms with Gasteiger partial charge in [0, 0.05) is 9.13 Å². The third-order valence-corrected chi connectivity index (χ3v) is 3.85. The monoisotopic (exact) mass is 410 g/mol. The predicted octanol–water partition coefficient (Wildman–Crippen LogP) is 3.66. The molecule has 21 heavy (non-hydrogen) atoms. The van der Waals surface area contributed by atoms with Gasteiger partial charge in [-0.1, -0.05) is 36.4 Å². The molecule has 2 rings (SSSR count). The van der Waals surface area contributed by atoms with Crippen LogP contribution in [0.15, 0.2) is 54.6 Å². The van der Waals surface area contributed by atoms with Crippen LogP contribution in [0.1, 0.15) is 28.9 Å². The molecule has 0 fully saturated rings. The Labute approximate surface area is 143 Å². The second kappa shape index (κ2) is 7.51. The number of thiocarbonyl (C=S) groups is 1. The van der Waals surface area contributed by atoms with E-state index in [4.69, 9.17) is 12.2 Å². The molecule has 2 aromatic rings. The molecule has 0 aliphatic heterocycles. The summed E-state index contributed by atoms with van der Waals surface area (Å²) in [4.78, 5) is 12.1. The highest BCUT2D eigenvalue weighted by atomic mass is 127. The molecule has 1 unspecified atom stereocenters. The zero-order valence-electron chi connectivity index (χ0n) is 11.5. The number of benzene rings is 2. The van der Waals surface area contributed by atoms with Gasteiger partial charge < -0.3 is 5.32 Å². The van der Waals surface area contributed by atoms with Gasteiger partial charge in [0.2, 0.25) is 0 Å². The molecule has 0 aliphatic rings. The van der Waals surface area contributed by atoms with Gasteiger partial charge in [0.05, 0.1) is 6.04 Å². The molecule has 0 heterocycles. The van der Waals surface area contributed by atoms with Crippen LogP contribution >= 0.6 is 34.8 Å². The first kappa shape index (κ1) is 15.9. The van der Waals surface area contributed by atoms with E-state index >= 15 is 0 Å². The predicted molar refractivity (Wildman–Crippen MR) is 97.2 cm³/mol. The summed E-state index contributed by atoms with van der Waals surface area (Å²) in [6.45, 7) is 2.00. The second-order valence-electron chi connectivity index (χ2n) is 4.57. The second-order valence-corrected chi connectivity index (χ2v) is 6.22. The van der Waals surface area contributed by atoms with Crippen LogP contribution in [-0.4, -0.2) is 11.0 Å².